The molecule has 21 heavy (non-hydrogen) atoms. The molecule has 0 spiro atoms. The highest BCUT2D eigenvalue weighted by Gasteiger charge is 2.12. The first kappa shape index (κ1) is 14.5. The van der Waals surface area contributed by atoms with Gasteiger partial charge in [0.2, 0.25) is 0 Å². The summed E-state index contributed by atoms with van der Waals surface area (Å²) in [5.74, 6) is 0.321. The summed E-state index contributed by atoms with van der Waals surface area (Å²) >= 11 is 0. The SMILES string of the molecule is COc1cccc(C=Nc2cccc([N+](=O)[O-])c2C)c1O. The Hall–Kier alpha value is -2.89. The normalized spacial score (nSPS) is 10.8. The molecule has 6 nitrogen and oxygen atoms in total. The summed E-state index contributed by atoms with van der Waals surface area (Å²) in [7, 11) is 1.46. The third-order valence-corrected chi connectivity index (χ3v) is 3.07. The first-order chi connectivity index (χ1) is 10.0. The summed E-state index contributed by atoms with van der Waals surface area (Å²) in [6, 6.07) is 9.70. The molecule has 2 aromatic rings. The van der Waals surface area contributed by atoms with E-state index in [9.17, 15) is 15.2 Å². The van der Waals surface area contributed by atoms with E-state index >= 15 is 0 Å². The number of nitrogens with zero attached hydrogens (tertiary/aromatic N) is 2. The number of phenolic OH excluding ortho intramolecular Hbond substituents is 1. The number of nitro benzene ring substituents is 1. The zero-order chi connectivity index (χ0) is 15.4. The average Bonchev–Trinajstić information content (AvgIpc) is 2.47. The maximum atomic E-state index is 10.9. The number of aliphatic imine (C=N–C) groups is 1. The van der Waals surface area contributed by atoms with Crippen molar-refractivity contribution >= 4 is 17.6 Å². The molecule has 0 heterocycles. The van der Waals surface area contributed by atoms with Gasteiger partial charge in [0.05, 0.1) is 23.3 Å². The molecule has 1 N–H and O–H groups in total. The summed E-state index contributed by atoms with van der Waals surface area (Å²) < 4.78 is 5.01. The van der Waals surface area contributed by atoms with Gasteiger partial charge in [0.15, 0.2) is 11.5 Å². The highest BCUT2D eigenvalue weighted by molar-refractivity contribution is 5.87. The van der Waals surface area contributed by atoms with Gasteiger partial charge in [0.25, 0.3) is 5.69 Å². The minimum absolute atomic E-state index is 0.0134. The van der Waals surface area contributed by atoms with Crippen LogP contribution in [0.25, 0.3) is 0 Å². The van der Waals surface area contributed by atoms with Crippen LogP contribution in [0, 0.1) is 17.0 Å². The molecular formula is C15H14N2O4. The van der Waals surface area contributed by atoms with E-state index in [2.05, 4.69) is 4.99 Å². The molecule has 0 bridgehead atoms. The quantitative estimate of drug-likeness (QED) is 0.530. The van der Waals surface area contributed by atoms with Crippen molar-refractivity contribution in [3.05, 3.63) is 57.6 Å². The number of phenols is 1. The summed E-state index contributed by atoms with van der Waals surface area (Å²) in [6.07, 6.45) is 1.45. The molecule has 0 aromatic heterocycles. The van der Waals surface area contributed by atoms with Gasteiger partial charge in [-0.3, -0.25) is 15.1 Å². The van der Waals surface area contributed by atoms with Gasteiger partial charge in [-0.2, -0.15) is 0 Å². The Morgan fingerprint density at radius 3 is 2.67 bits per heavy atom. The predicted molar refractivity (Wildman–Crippen MR) is 79.7 cm³/mol. The standard InChI is InChI=1S/C15H14N2O4/c1-10-12(6-4-7-13(10)17(19)20)16-9-11-5-3-8-14(21-2)15(11)18/h3-9,18H,1-2H3. The molecule has 108 valence electrons. The first-order valence-electron chi connectivity index (χ1n) is 6.18. The smallest absolute Gasteiger partial charge is 0.274 e. The fourth-order valence-corrected chi connectivity index (χ4v) is 1.90. The number of hydrogen-bond acceptors (Lipinski definition) is 5. The molecule has 0 aliphatic rings. The van der Waals surface area contributed by atoms with Crippen molar-refractivity contribution in [2.75, 3.05) is 7.11 Å². The lowest BCUT2D eigenvalue weighted by atomic mass is 10.1. The molecule has 6 heteroatoms. The van der Waals surface area contributed by atoms with Gasteiger partial charge in [-0.05, 0) is 25.1 Å². The van der Waals surface area contributed by atoms with Crippen molar-refractivity contribution in [2.45, 2.75) is 6.92 Å². The maximum absolute atomic E-state index is 10.9. The third kappa shape index (κ3) is 3.00. The van der Waals surface area contributed by atoms with Gasteiger partial charge in [0, 0.05) is 17.8 Å². The molecule has 0 saturated carbocycles. The zero-order valence-electron chi connectivity index (χ0n) is 11.6. The van der Waals surface area contributed by atoms with Gasteiger partial charge in [-0.25, -0.2) is 0 Å². The molecule has 2 rings (SSSR count). The van der Waals surface area contributed by atoms with Crippen LogP contribution >= 0.6 is 0 Å². The number of nitro groups is 1. The number of benzene rings is 2. The number of ether oxygens (including phenoxy) is 1. The van der Waals surface area contributed by atoms with Crippen LogP contribution in [0.1, 0.15) is 11.1 Å². The van der Waals surface area contributed by atoms with Gasteiger partial charge in [-0.1, -0.05) is 12.1 Å². The average molecular weight is 286 g/mol. The second-order valence-corrected chi connectivity index (χ2v) is 4.33. The van der Waals surface area contributed by atoms with E-state index in [-0.39, 0.29) is 11.4 Å². The van der Waals surface area contributed by atoms with Crippen LogP contribution in [0.2, 0.25) is 0 Å². The Labute approximate surface area is 121 Å². The first-order valence-corrected chi connectivity index (χ1v) is 6.18. The molecule has 0 unspecified atom stereocenters. The Bertz CT molecular complexity index is 711. The monoisotopic (exact) mass is 286 g/mol. The van der Waals surface area contributed by atoms with Crippen LogP contribution in [-0.2, 0) is 0 Å². The van der Waals surface area contributed by atoms with Crippen molar-refractivity contribution in [3.63, 3.8) is 0 Å². The zero-order valence-corrected chi connectivity index (χ0v) is 11.6. The topological polar surface area (TPSA) is 85.0 Å². The second-order valence-electron chi connectivity index (χ2n) is 4.33. The van der Waals surface area contributed by atoms with E-state index in [0.29, 0.717) is 22.6 Å². The van der Waals surface area contributed by atoms with Crippen molar-refractivity contribution in [2.24, 2.45) is 4.99 Å². The summed E-state index contributed by atoms with van der Waals surface area (Å²) in [5.41, 5.74) is 1.44. The largest absolute Gasteiger partial charge is 0.504 e. The number of rotatable bonds is 4. The van der Waals surface area contributed by atoms with Gasteiger partial charge in [0.1, 0.15) is 0 Å². The van der Waals surface area contributed by atoms with Crippen LogP contribution in [-0.4, -0.2) is 23.4 Å². The van der Waals surface area contributed by atoms with Crippen LogP contribution in [0.4, 0.5) is 11.4 Å². The van der Waals surface area contributed by atoms with Crippen LogP contribution in [0.15, 0.2) is 41.4 Å². The molecule has 0 atom stereocenters. The Morgan fingerprint density at radius 2 is 2.00 bits per heavy atom. The van der Waals surface area contributed by atoms with Gasteiger partial charge in [-0.15, -0.1) is 0 Å². The number of methoxy groups -OCH3 is 1. The Balaban J connectivity index is 2.39. The molecule has 0 aliphatic carbocycles. The molecule has 0 saturated heterocycles. The number of hydrogen-bond donors (Lipinski definition) is 1. The third-order valence-electron chi connectivity index (χ3n) is 3.07. The van der Waals surface area contributed by atoms with Crippen LogP contribution in [0.3, 0.4) is 0 Å². The predicted octanol–water partition coefficient (Wildman–Crippen LogP) is 3.37. The fourth-order valence-electron chi connectivity index (χ4n) is 1.90. The highest BCUT2D eigenvalue weighted by Crippen LogP contribution is 2.30. The lowest BCUT2D eigenvalue weighted by molar-refractivity contribution is -0.385. The van der Waals surface area contributed by atoms with Crippen LogP contribution < -0.4 is 4.74 Å². The minimum Gasteiger partial charge on any atom is -0.504 e. The number of para-hydroxylation sites is 1. The molecule has 0 amide bonds. The van der Waals surface area contributed by atoms with Gasteiger partial charge < -0.3 is 9.84 Å². The van der Waals surface area contributed by atoms with Crippen molar-refractivity contribution < 1.29 is 14.8 Å². The summed E-state index contributed by atoms with van der Waals surface area (Å²) in [5, 5.41) is 20.8. The molecule has 0 radical (unpaired) electrons. The van der Waals surface area contributed by atoms with Crippen molar-refractivity contribution in [3.8, 4) is 11.5 Å². The Morgan fingerprint density at radius 1 is 1.29 bits per heavy atom. The molecule has 0 aliphatic heterocycles. The molecular weight excluding hydrogens is 272 g/mol. The van der Waals surface area contributed by atoms with E-state index in [0.717, 1.165) is 0 Å². The lowest BCUT2D eigenvalue weighted by Gasteiger charge is -2.05. The van der Waals surface area contributed by atoms with Crippen molar-refractivity contribution in [1.29, 1.82) is 0 Å². The lowest BCUT2D eigenvalue weighted by Crippen LogP contribution is -1.92. The number of aromatic hydroxyl groups is 1. The minimum atomic E-state index is -0.447. The maximum Gasteiger partial charge on any atom is 0.274 e. The van der Waals surface area contributed by atoms with E-state index in [1.54, 1.807) is 37.3 Å². The fraction of sp³-hybridized carbons (Fsp3) is 0.133. The Kier molecular flexibility index (Phi) is 4.18. The second kappa shape index (κ2) is 6.04. The van der Waals surface area contributed by atoms with Gasteiger partial charge >= 0.3 is 0 Å². The van der Waals surface area contributed by atoms with E-state index in [1.807, 2.05) is 0 Å². The van der Waals surface area contributed by atoms with E-state index in [1.165, 1.54) is 19.4 Å². The molecule has 2 aromatic carbocycles. The highest BCUT2D eigenvalue weighted by atomic mass is 16.6. The van der Waals surface area contributed by atoms with Crippen molar-refractivity contribution in [1.82, 2.24) is 0 Å². The summed E-state index contributed by atoms with van der Waals surface area (Å²) in [6.45, 7) is 1.64. The van der Waals surface area contributed by atoms with Crippen LogP contribution in [0.5, 0.6) is 11.5 Å². The summed E-state index contributed by atoms with van der Waals surface area (Å²) in [4.78, 5) is 14.6. The van der Waals surface area contributed by atoms with E-state index in [4.69, 9.17) is 4.74 Å². The molecule has 0 fully saturated rings. The van der Waals surface area contributed by atoms with E-state index < -0.39 is 4.92 Å².